The second-order valence-corrected chi connectivity index (χ2v) is 7.30. The summed E-state index contributed by atoms with van der Waals surface area (Å²) in [4.78, 5) is 1.64. The molecule has 0 spiro atoms. The van der Waals surface area contributed by atoms with Crippen molar-refractivity contribution in [2.45, 2.75) is 6.18 Å². The van der Waals surface area contributed by atoms with E-state index in [1.165, 1.54) is 16.0 Å². The Morgan fingerprint density at radius 3 is 2.22 bits per heavy atom. The van der Waals surface area contributed by atoms with Gasteiger partial charge in [0.05, 0.1) is 21.3 Å². The molecule has 2 aromatic heterocycles. The van der Waals surface area contributed by atoms with E-state index >= 15 is 0 Å². The Labute approximate surface area is 162 Å². The molecule has 0 saturated carbocycles. The van der Waals surface area contributed by atoms with Crippen LogP contribution in [0.25, 0.3) is 26.7 Å². The monoisotopic (exact) mass is 404 g/mol. The minimum absolute atomic E-state index is 0.329. The number of hydrogen-bond donors (Lipinski definition) is 0. The van der Waals surface area contributed by atoms with Gasteiger partial charge in [-0.2, -0.15) is 18.3 Å². The predicted molar refractivity (Wildman–Crippen MR) is 102 cm³/mol. The summed E-state index contributed by atoms with van der Waals surface area (Å²) in [5, 5.41) is 4.11. The molecule has 4 aromatic rings. The van der Waals surface area contributed by atoms with E-state index in [2.05, 4.69) is 5.10 Å². The van der Waals surface area contributed by atoms with Crippen molar-refractivity contribution in [2.24, 2.45) is 0 Å². The van der Waals surface area contributed by atoms with Gasteiger partial charge in [0.2, 0.25) is 0 Å². The summed E-state index contributed by atoms with van der Waals surface area (Å²) in [5.41, 5.74) is 0.808. The number of rotatable bonds is 3. The fraction of sp³-hybridized carbons (Fsp3) is 0.0500. The van der Waals surface area contributed by atoms with E-state index in [0.29, 0.717) is 21.3 Å². The third kappa shape index (κ3) is 3.50. The van der Waals surface area contributed by atoms with Crippen LogP contribution in [-0.4, -0.2) is 9.78 Å². The first-order valence-electron chi connectivity index (χ1n) is 8.01. The van der Waals surface area contributed by atoms with E-state index in [1.807, 2.05) is 36.4 Å². The van der Waals surface area contributed by atoms with Gasteiger partial charge in [-0.15, -0.1) is 11.3 Å². The molecule has 0 N–H and O–H groups in total. The van der Waals surface area contributed by atoms with Crippen molar-refractivity contribution in [3.63, 3.8) is 0 Å². The minimum atomic E-state index is -4.54. The molecule has 136 valence electrons. The normalized spacial score (nSPS) is 11.7. The molecule has 7 heteroatoms. The van der Waals surface area contributed by atoms with E-state index in [4.69, 9.17) is 11.6 Å². The van der Waals surface area contributed by atoms with Gasteiger partial charge in [0, 0.05) is 4.88 Å². The first-order chi connectivity index (χ1) is 12.9. The summed E-state index contributed by atoms with van der Waals surface area (Å²) in [6.07, 6.45) is -4.54. The van der Waals surface area contributed by atoms with Gasteiger partial charge in [-0.25, -0.2) is 4.68 Å². The Balaban J connectivity index is 1.86. The van der Waals surface area contributed by atoms with Crippen molar-refractivity contribution in [2.75, 3.05) is 0 Å². The summed E-state index contributed by atoms with van der Waals surface area (Å²) in [5.74, 6) is 0. The Kier molecular flexibility index (Phi) is 4.53. The van der Waals surface area contributed by atoms with E-state index in [0.717, 1.165) is 16.5 Å². The average molecular weight is 405 g/mol. The number of thiophene rings is 1. The lowest BCUT2D eigenvalue weighted by molar-refractivity contribution is -0.141. The zero-order valence-corrected chi connectivity index (χ0v) is 15.3. The van der Waals surface area contributed by atoms with Gasteiger partial charge < -0.3 is 0 Å². The first kappa shape index (κ1) is 17.8. The SMILES string of the molecule is FC(F)(F)c1cc(-c2ccc(-c3ccccc3)s2)n(-c2ccccc2Cl)n1. The highest BCUT2D eigenvalue weighted by atomic mass is 35.5. The van der Waals surface area contributed by atoms with Gasteiger partial charge in [0.25, 0.3) is 0 Å². The third-order valence-electron chi connectivity index (χ3n) is 4.00. The summed E-state index contributed by atoms with van der Waals surface area (Å²) < 4.78 is 41.1. The van der Waals surface area contributed by atoms with Crippen LogP contribution in [0.5, 0.6) is 0 Å². The number of hydrogen-bond acceptors (Lipinski definition) is 2. The Morgan fingerprint density at radius 1 is 0.852 bits per heavy atom. The molecule has 2 heterocycles. The Bertz CT molecular complexity index is 1080. The number of aromatic nitrogens is 2. The lowest BCUT2D eigenvalue weighted by Crippen LogP contribution is -2.07. The number of para-hydroxylation sites is 1. The second kappa shape index (κ2) is 6.87. The Hall–Kier alpha value is -2.57. The highest BCUT2D eigenvalue weighted by Crippen LogP contribution is 2.39. The molecule has 0 fully saturated rings. The molecular formula is C20H12ClF3N2S. The molecule has 0 saturated heterocycles. The van der Waals surface area contributed by atoms with Crippen LogP contribution in [0, 0.1) is 0 Å². The molecule has 0 atom stereocenters. The lowest BCUT2D eigenvalue weighted by atomic mass is 10.2. The number of alkyl halides is 3. The molecular weight excluding hydrogens is 393 g/mol. The quantitative estimate of drug-likeness (QED) is 0.361. The van der Waals surface area contributed by atoms with Gasteiger partial charge >= 0.3 is 6.18 Å². The fourth-order valence-corrected chi connectivity index (χ4v) is 3.96. The van der Waals surface area contributed by atoms with Crippen LogP contribution in [0.15, 0.2) is 72.8 Å². The van der Waals surface area contributed by atoms with Crippen LogP contribution in [0.3, 0.4) is 0 Å². The van der Waals surface area contributed by atoms with Crippen LogP contribution >= 0.6 is 22.9 Å². The predicted octanol–water partition coefficient (Wildman–Crippen LogP) is 6.94. The third-order valence-corrected chi connectivity index (χ3v) is 5.47. The molecule has 0 aliphatic heterocycles. The average Bonchev–Trinajstić information content (AvgIpc) is 3.30. The smallest absolute Gasteiger partial charge is 0.230 e. The van der Waals surface area contributed by atoms with Crippen LogP contribution in [0.4, 0.5) is 13.2 Å². The van der Waals surface area contributed by atoms with Gasteiger partial charge in [0.15, 0.2) is 5.69 Å². The highest BCUT2D eigenvalue weighted by molar-refractivity contribution is 7.18. The number of halogens is 4. The zero-order valence-electron chi connectivity index (χ0n) is 13.7. The maximum absolute atomic E-state index is 13.3. The molecule has 0 bridgehead atoms. The van der Waals surface area contributed by atoms with Crippen molar-refractivity contribution in [3.05, 3.63) is 83.5 Å². The van der Waals surface area contributed by atoms with Gasteiger partial charge in [0.1, 0.15) is 0 Å². The topological polar surface area (TPSA) is 17.8 Å². The summed E-state index contributed by atoms with van der Waals surface area (Å²) >= 11 is 7.61. The first-order valence-corrected chi connectivity index (χ1v) is 9.21. The maximum Gasteiger partial charge on any atom is 0.435 e. The molecule has 0 amide bonds. The summed E-state index contributed by atoms with van der Waals surface area (Å²) in [6.45, 7) is 0. The minimum Gasteiger partial charge on any atom is -0.230 e. The van der Waals surface area contributed by atoms with Gasteiger partial charge in [-0.1, -0.05) is 54.1 Å². The largest absolute Gasteiger partial charge is 0.435 e. The van der Waals surface area contributed by atoms with Crippen molar-refractivity contribution in [1.82, 2.24) is 9.78 Å². The lowest BCUT2D eigenvalue weighted by Gasteiger charge is -2.08. The molecule has 4 rings (SSSR count). The zero-order chi connectivity index (χ0) is 19.0. The molecule has 0 aliphatic carbocycles. The van der Waals surface area contributed by atoms with Gasteiger partial charge in [-0.05, 0) is 35.9 Å². The number of benzene rings is 2. The highest BCUT2D eigenvalue weighted by Gasteiger charge is 2.35. The molecule has 0 aliphatic rings. The standard InChI is InChI=1S/C20H12ClF3N2S/c21-14-8-4-5-9-15(14)26-16(12-19(25-26)20(22,23)24)18-11-10-17(27-18)13-6-2-1-3-7-13/h1-12H. The molecule has 0 radical (unpaired) electrons. The van der Waals surface area contributed by atoms with Gasteiger partial charge in [-0.3, -0.25) is 0 Å². The fourth-order valence-electron chi connectivity index (χ4n) is 2.74. The maximum atomic E-state index is 13.3. The van der Waals surface area contributed by atoms with Crippen LogP contribution in [-0.2, 0) is 6.18 Å². The van der Waals surface area contributed by atoms with Crippen LogP contribution in [0.1, 0.15) is 5.69 Å². The second-order valence-electron chi connectivity index (χ2n) is 5.81. The van der Waals surface area contributed by atoms with E-state index in [1.54, 1.807) is 30.3 Å². The summed E-state index contributed by atoms with van der Waals surface area (Å²) in [6, 6.07) is 21.1. The number of nitrogens with zero attached hydrogens (tertiary/aromatic N) is 2. The van der Waals surface area contributed by atoms with Crippen molar-refractivity contribution in [1.29, 1.82) is 0 Å². The van der Waals surface area contributed by atoms with E-state index < -0.39 is 11.9 Å². The molecule has 27 heavy (non-hydrogen) atoms. The summed E-state index contributed by atoms with van der Waals surface area (Å²) in [7, 11) is 0. The van der Waals surface area contributed by atoms with Crippen molar-refractivity contribution >= 4 is 22.9 Å². The molecule has 0 unspecified atom stereocenters. The van der Waals surface area contributed by atoms with E-state index in [9.17, 15) is 13.2 Å². The van der Waals surface area contributed by atoms with Crippen LogP contribution < -0.4 is 0 Å². The van der Waals surface area contributed by atoms with Crippen molar-refractivity contribution < 1.29 is 13.2 Å². The van der Waals surface area contributed by atoms with E-state index in [-0.39, 0.29) is 0 Å². The van der Waals surface area contributed by atoms with Crippen molar-refractivity contribution in [3.8, 4) is 26.7 Å². The van der Waals surface area contributed by atoms with Crippen LogP contribution in [0.2, 0.25) is 5.02 Å². The molecule has 2 nitrogen and oxygen atoms in total. The molecule has 2 aromatic carbocycles. The Morgan fingerprint density at radius 2 is 1.52 bits per heavy atom.